The summed E-state index contributed by atoms with van der Waals surface area (Å²) >= 11 is 3.09. The van der Waals surface area contributed by atoms with Crippen LogP contribution in [0.25, 0.3) is 5.95 Å². The van der Waals surface area contributed by atoms with Gasteiger partial charge in [-0.25, -0.2) is 24.6 Å². The predicted octanol–water partition coefficient (Wildman–Crippen LogP) is 2.95. The molecule has 0 aliphatic rings. The molecule has 124 valence electrons. The Morgan fingerprint density at radius 1 is 0.792 bits per heavy atom. The van der Waals surface area contributed by atoms with Crippen LogP contribution in [0.5, 0.6) is 0 Å². The standard InChI is InChI=1S/C7H6N4.C4H3BrN2.C3H4N2.CH4/c1-3-8-7(9-4-1)11-6-2-5-10-11;5-4-6-2-1-3-7-4;1-2-4-5-3-1;/h1-6H;1-3H;1-3H,(H,4,5);1H4. The van der Waals surface area contributed by atoms with Crippen molar-refractivity contribution in [2.45, 2.75) is 7.43 Å². The third-order valence-corrected chi connectivity index (χ3v) is 2.61. The summed E-state index contributed by atoms with van der Waals surface area (Å²) in [7, 11) is 0. The number of rotatable bonds is 1. The van der Waals surface area contributed by atoms with Crippen molar-refractivity contribution >= 4 is 15.9 Å². The third-order valence-electron chi connectivity index (χ3n) is 2.20. The van der Waals surface area contributed by atoms with Crippen molar-refractivity contribution in [1.82, 2.24) is 39.9 Å². The van der Waals surface area contributed by atoms with Gasteiger partial charge in [-0.2, -0.15) is 10.2 Å². The van der Waals surface area contributed by atoms with Crippen molar-refractivity contribution < 1.29 is 0 Å². The molecule has 8 nitrogen and oxygen atoms in total. The van der Waals surface area contributed by atoms with E-state index < -0.39 is 0 Å². The predicted molar refractivity (Wildman–Crippen MR) is 94.2 cm³/mol. The van der Waals surface area contributed by atoms with Gasteiger partial charge in [0.15, 0.2) is 4.73 Å². The number of halogens is 1. The molecule has 0 aromatic carbocycles. The highest BCUT2D eigenvalue weighted by Crippen LogP contribution is 1.95. The van der Waals surface area contributed by atoms with Gasteiger partial charge in [0.05, 0.1) is 0 Å². The van der Waals surface area contributed by atoms with Gasteiger partial charge in [-0.3, -0.25) is 5.10 Å². The molecule has 1 N–H and O–H groups in total. The van der Waals surface area contributed by atoms with Crippen molar-refractivity contribution in [3.63, 3.8) is 0 Å². The van der Waals surface area contributed by atoms with Crippen molar-refractivity contribution in [3.8, 4) is 5.95 Å². The Balaban J connectivity index is 0.000000192. The summed E-state index contributed by atoms with van der Waals surface area (Å²) in [5.41, 5.74) is 0. The number of nitrogens with one attached hydrogen (secondary N) is 1. The number of hydrogen-bond donors (Lipinski definition) is 1. The highest BCUT2D eigenvalue weighted by atomic mass is 79.9. The largest absolute Gasteiger partial charge is 0.286 e. The summed E-state index contributed by atoms with van der Waals surface area (Å²) in [5.74, 6) is 0.595. The second kappa shape index (κ2) is 11.6. The SMILES string of the molecule is Brc1ncccn1.C.c1cn[nH]c1.c1cnc(-n2cccn2)nc1. The molecule has 0 aliphatic heterocycles. The molecule has 0 saturated heterocycles. The van der Waals surface area contributed by atoms with E-state index in [2.05, 4.69) is 51.2 Å². The van der Waals surface area contributed by atoms with Crippen LogP contribution in [0.1, 0.15) is 7.43 Å². The molecule has 4 aromatic heterocycles. The van der Waals surface area contributed by atoms with Crippen molar-refractivity contribution in [3.05, 3.63) is 78.6 Å². The van der Waals surface area contributed by atoms with Crippen LogP contribution >= 0.6 is 15.9 Å². The molecule has 0 amide bonds. The third kappa shape index (κ3) is 7.36. The summed E-state index contributed by atoms with van der Waals surface area (Å²) in [6.07, 6.45) is 13.7. The fourth-order valence-corrected chi connectivity index (χ4v) is 1.53. The number of aromatic nitrogens is 8. The molecule has 0 bridgehead atoms. The van der Waals surface area contributed by atoms with Gasteiger partial charge in [0.25, 0.3) is 0 Å². The lowest BCUT2D eigenvalue weighted by Gasteiger charge is -1.94. The average molecular weight is 389 g/mol. The van der Waals surface area contributed by atoms with E-state index in [-0.39, 0.29) is 7.43 Å². The molecule has 4 heterocycles. The molecule has 0 spiro atoms. The van der Waals surface area contributed by atoms with E-state index >= 15 is 0 Å². The first-order valence-corrected chi connectivity index (χ1v) is 7.29. The molecular weight excluding hydrogens is 372 g/mol. The van der Waals surface area contributed by atoms with E-state index in [4.69, 9.17) is 0 Å². The molecule has 9 heteroatoms. The Bertz CT molecular complexity index is 713. The van der Waals surface area contributed by atoms with E-state index in [0.717, 1.165) is 0 Å². The Morgan fingerprint density at radius 2 is 1.46 bits per heavy atom. The number of aromatic amines is 1. The van der Waals surface area contributed by atoms with Gasteiger partial charge in [-0.1, -0.05) is 7.43 Å². The zero-order valence-electron chi connectivity index (χ0n) is 11.9. The molecular formula is C15H17BrN8. The smallest absolute Gasteiger partial charge is 0.250 e. The second-order valence-electron chi connectivity index (χ2n) is 3.78. The molecule has 4 aromatic rings. The first kappa shape index (κ1) is 19.1. The Hall–Kier alpha value is -2.94. The van der Waals surface area contributed by atoms with E-state index in [9.17, 15) is 0 Å². The lowest BCUT2D eigenvalue weighted by atomic mass is 10.7. The number of H-pyrrole nitrogens is 1. The molecule has 0 unspecified atom stereocenters. The van der Waals surface area contributed by atoms with Gasteiger partial charge < -0.3 is 0 Å². The van der Waals surface area contributed by atoms with Gasteiger partial charge in [0.1, 0.15) is 0 Å². The first-order chi connectivity index (χ1) is 11.4. The summed E-state index contributed by atoms with van der Waals surface area (Å²) < 4.78 is 2.25. The Morgan fingerprint density at radius 3 is 1.83 bits per heavy atom. The highest BCUT2D eigenvalue weighted by molar-refractivity contribution is 9.10. The second-order valence-corrected chi connectivity index (χ2v) is 4.49. The maximum Gasteiger partial charge on any atom is 0.250 e. The van der Waals surface area contributed by atoms with E-state index in [1.54, 1.807) is 66.4 Å². The summed E-state index contributed by atoms with van der Waals surface area (Å²) in [6, 6.07) is 7.20. The monoisotopic (exact) mass is 388 g/mol. The normalized spacial score (nSPS) is 8.71. The van der Waals surface area contributed by atoms with Crippen molar-refractivity contribution in [1.29, 1.82) is 0 Å². The zero-order chi connectivity index (χ0) is 16.2. The molecule has 0 saturated carbocycles. The Kier molecular flexibility index (Phi) is 9.24. The summed E-state index contributed by atoms with van der Waals surface area (Å²) in [5, 5.41) is 10.2. The lowest BCUT2D eigenvalue weighted by molar-refractivity contribution is 0.808. The van der Waals surface area contributed by atoms with E-state index in [1.807, 2.05) is 12.1 Å². The van der Waals surface area contributed by atoms with Crippen molar-refractivity contribution in [2.75, 3.05) is 0 Å². The van der Waals surface area contributed by atoms with Crippen LogP contribution in [0.15, 0.2) is 78.6 Å². The Labute approximate surface area is 148 Å². The fourth-order valence-electron chi connectivity index (χ4n) is 1.29. The first-order valence-electron chi connectivity index (χ1n) is 6.49. The molecule has 0 atom stereocenters. The van der Waals surface area contributed by atoms with Crippen LogP contribution in [0.4, 0.5) is 0 Å². The quantitative estimate of drug-likeness (QED) is 0.503. The minimum Gasteiger partial charge on any atom is -0.286 e. The summed E-state index contributed by atoms with van der Waals surface area (Å²) in [6.45, 7) is 0. The zero-order valence-corrected chi connectivity index (χ0v) is 13.5. The van der Waals surface area contributed by atoms with Gasteiger partial charge in [0, 0.05) is 49.6 Å². The maximum absolute atomic E-state index is 4.01. The molecule has 0 aliphatic carbocycles. The number of hydrogen-bond acceptors (Lipinski definition) is 6. The van der Waals surface area contributed by atoms with Gasteiger partial charge >= 0.3 is 0 Å². The van der Waals surface area contributed by atoms with Gasteiger partial charge in [-0.15, -0.1) is 0 Å². The fraction of sp³-hybridized carbons (Fsp3) is 0.0667. The van der Waals surface area contributed by atoms with E-state index in [1.165, 1.54) is 0 Å². The van der Waals surface area contributed by atoms with Crippen LogP contribution in [0, 0.1) is 0 Å². The topological polar surface area (TPSA) is 98.1 Å². The molecule has 4 rings (SSSR count). The van der Waals surface area contributed by atoms with Crippen LogP contribution in [0.2, 0.25) is 0 Å². The van der Waals surface area contributed by atoms with Crippen LogP contribution < -0.4 is 0 Å². The number of nitrogens with zero attached hydrogens (tertiary/aromatic N) is 7. The van der Waals surface area contributed by atoms with Crippen LogP contribution in [0.3, 0.4) is 0 Å². The van der Waals surface area contributed by atoms with Crippen LogP contribution in [-0.2, 0) is 0 Å². The maximum atomic E-state index is 4.01. The van der Waals surface area contributed by atoms with Gasteiger partial charge in [0.2, 0.25) is 5.95 Å². The lowest BCUT2D eigenvalue weighted by Crippen LogP contribution is -1.99. The van der Waals surface area contributed by atoms with E-state index in [0.29, 0.717) is 10.7 Å². The average Bonchev–Trinajstić information content (AvgIpc) is 3.33. The van der Waals surface area contributed by atoms with Crippen molar-refractivity contribution in [2.24, 2.45) is 0 Å². The summed E-state index contributed by atoms with van der Waals surface area (Å²) in [4.78, 5) is 15.6. The minimum absolute atomic E-state index is 0. The van der Waals surface area contributed by atoms with Gasteiger partial charge in [-0.05, 0) is 40.2 Å². The highest BCUT2D eigenvalue weighted by Gasteiger charge is 1.94. The molecule has 0 fully saturated rings. The molecule has 24 heavy (non-hydrogen) atoms. The minimum atomic E-state index is 0. The molecule has 0 radical (unpaired) electrons. The van der Waals surface area contributed by atoms with Crippen LogP contribution in [-0.4, -0.2) is 39.9 Å².